The highest BCUT2D eigenvalue weighted by Crippen LogP contribution is 2.17. The second-order valence-electron chi connectivity index (χ2n) is 5.97. The maximum atomic E-state index is 5.94. The molecule has 0 saturated carbocycles. The number of rotatable bonds is 7. The van der Waals surface area contributed by atoms with Crippen molar-refractivity contribution >= 4 is 0 Å². The van der Waals surface area contributed by atoms with Gasteiger partial charge < -0.3 is 9.47 Å². The second-order valence-corrected chi connectivity index (χ2v) is 5.97. The van der Waals surface area contributed by atoms with Crippen LogP contribution in [-0.4, -0.2) is 54.1 Å². The standard InChI is InChI=1S/C18H25N3O2/c1-22-17-6-2-5-16(13-17)14-18-15-20(11-12-23-18)8-4-10-21-9-3-7-19-21/h2-3,5-7,9,13,18H,4,8,10-12,14-15H2,1H3/t18-/m1/s1. The number of ether oxygens (including phenoxy) is 2. The fourth-order valence-electron chi connectivity index (χ4n) is 3.06. The van der Waals surface area contributed by atoms with E-state index in [2.05, 4.69) is 22.1 Å². The molecule has 0 spiro atoms. The molecule has 0 radical (unpaired) electrons. The first kappa shape index (κ1) is 16.0. The highest BCUT2D eigenvalue weighted by molar-refractivity contribution is 5.28. The number of hydrogen-bond acceptors (Lipinski definition) is 4. The van der Waals surface area contributed by atoms with Crippen LogP contribution in [0.15, 0.2) is 42.7 Å². The van der Waals surface area contributed by atoms with Crippen LogP contribution >= 0.6 is 0 Å². The van der Waals surface area contributed by atoms with Gasteiger partial charge in [-0.05, 0) is 30.2 Å². The van der Waals surface area contributed by atoms with Crippen molar-refractivity contribution in [3.63, 3.8) is 0 Å². The fraction of sp³-hybridized carbons (Fsp3) is 0.500. The summed E-state index contributed by atoms with van der Waals surface area (Å²) < 4.78 is 13.2. The average molecular weight is 315 g/mol. The third kappa shape index (κ3) is 4.81. The zero-order valence-corrected chi connectivity index (χ0v) is 13.7. The Kier molecular flexibility index (Phi) is 5.66. The van der Waals surface area contributed by atoms with Crippen molar-refractivity contribution in [1.82, 2.24) is 14.7 Å². The van der Waals surface area contributed by atoms with Crippen LogP contribution in [0.25, 0.3) is 0 Å². The summed E-state index contributed by atoms with van der Waals surface area (Å²) in [6, 6.07) is 10.2. The highest BCUT2D eigenvalue weighted by atomic mass is 16.5. The molecule has 1 aromatic heterocycles. The van der Waals surface area contributed by atoms with Crippen molar-refractivity contribution in [2.24, 2.45) is 0 Å². The molecule has 1 saturated heterocycles. The highest BCUT2D eigenvalue weighted by Gasteiger charge is 2.20. The lowest BCUT2D eigenvalue weighted by molar-refractivity contribution is -0.0281. The largest absolute Gasteiger partial charge is 0.497 e. The maximum Gasteiger partial charge on any atom is 0.119 e. The van der Waals surface area contributed by atoms with Crippen LogP contribution in [0.3, 0.4) is 0 Å². The topological polar surface area (TPSA) is 39.5 Å². The van der Waals surface area contributed by atoms with Gasteiger partial charge in [0.25, 0.3) is 0 Å². The summed E-state index contributed by atoms with van der Waals surface area (Å²) in [6.45, 7) is 4.91. The summed E-state index contributed by atoms with van der Waals surface area (Å²) in [4.78, 5) is 2.50. The molecular weight excluding hydrogens is 290 g/mol. The van der Waals surface area contributed by atoms with Crippen LogP contribution in [0.2, 0.25) is 0 Å². The first-order chi connectivity index (χ1) is 11.3. The van der Waals surface area contributed by atoms with Crippen molar-refractivity contribution in [1.29, 1.82) is 0 Å². The second kappa shape index (κ2) is 8.13. The van der Waals surface area contributed by atoms with Gasteiger partial charge in [-0.1, -0.05) is 12.1 Å². The third-order valence-electron chi connectivity index (χ3n) is 4.24. The van der Waals surface area contributed by atoms with Gasteiger partial charge >= 0.3 is 0 Å². The minimum Gasteiger partial charge on any atom is -0.497 e. The zero-order chi connectivity index (χ0) is 15.9. The Morgan fingerprint density at radius 2 is 2.26 bits per heavy atom. The first-order valence-corrected chi connectivity index (χ1v) is 8.28. The molecule has 23 heavy (non-hydrogen) atoms. The molecule has 1 atom stereocenters. The SMILES string of the molecule is COc1cccc(C[C@@H]2CN(CCCn3cccn3)CCO2)c1. The molecule has 0 unspecified atom stereocenters. The summed E-state index contributed by atoms with van der Waals surface area (Å²) in [5.41, 5.74) is 1.27. The Balaban J connectivity index is 1.45. The Morgan fingerprint density at radius 3 is 3.09 bits per heavy atom. The van der Waals surface area contributed by atoms with E-state index in [1.165, 1.54) is 5.56 Å². The van der Waals surface area contributed by atoms with E-state index in [0.717, 1.165) is 51.4 Å². The molecule has 5 nitrogen and oxygen atoms in total. The van der Waals surface area contributed by atoms with E-state index in [9.17, 15) is 0 Å². The number of morpholine rings is 1. The smallest absolute Gasteiger partial charge is 0.119 e. The Hall–Kier alpha value is -1.85. The molecule has 5 heteroatoms. The summed E-state index contributed by atoms with van der Waals surface area (Å²) in [5.74, 6) is 0.911. The predicted octanol–water partition coefficient (Wildman–Crippen LogP) is 2.23. The number of aromatic nitrogens is 2. The van der Waals surface area contributed by atoms with Crippen LogP contribution in [0.1, 0.15) is 12.0 Å². The van der Waals surface area contributed by atoms with Crippen molar-refractivity contribution in [2.45, 2.75) is 25.5 Å². The van der Waals surface area contributed by atoms with Crippen LogP contribution in [0.5, 0.6) is 5.75 Å². The van der Waals surface area contributed by atoms with Gasteiger partial charge in [0.15, 0.2) is 0 Å². The van der Waals surface area contributed by atoms with E-state index in [4.69, 9.17) is 9.47 Å². The van der Waals surface area contributed by atoms with Gasteiger partial charge in [0.05, 0.1) is 19.8 Å². The molecule has 124 valence electrons. The van der Waals surface area contributed by atoms with Gasteiger partial charge in [-0.25, -0.2) is 0 Å². The molecule has 1 aromatic carbocycles. The van der Waals surface area contributed by atoms with E-state index in [1.807, 2.05) is 35.3 Å². The Bertz CT molecular complexity index is 586. The summed E-state index contributed by atoms with van der Waals surface area (Å²) >= 11 is 0. The van der Waals surface area contributed by atoms with Crippen molar-refractivity contribution in [2.75, 3.05) is 33.4 Å². The lowest BCUT2D eigenvalue weighted by atomic mass is 10.1. The van der Waals surface area contributed by atoms with E-state index < -0.39 is 0 Å². The number of methoxy groups -OCH3 is 1. The van der Waals surface area contributed by atoms with Crippen LogP contribution in [0, 0.1) is 0 Å². The molecule has 1 aliphatic rings. The van der Waals surface area contributed by atoms with Gasteiger partial charge in [0.2, 0.25) is 0 Å². The third-order valence-corrected chi connectivity index (χ3v) is 4.24. The fourth-order valence-corrected chi connectivity index (χ4v) is 3.06. The van der Waals surface area contributed by atoms with Gasteiger partial charge in [-0.15, -0.1) is 0 Å². The molecular formula is C18H25N3O2. The average Bonchev–Trinajstić information content (AvgIpc) is 3.09. The van der Waals surface area contributed by atoms with Crippen molar-refractivity contribution in [3.05, 3.63) is 48.3 Å². The quantitative estimate of drug-likeness (QED) is 0.785. The molecule has 0 aliphatic carbocycles. The maximum absolute atomic E-state index is 5.94. The predicted molar refractivity (Wildman–Crippen MR) is 89.7 cm³/mol. The van der Waals surface area contributed by atoms with Gasteiger partial charge in [0.1, 0.15) is 5.75 Å². The normalized spacial score (nSPS) is 18.9. The van der Waals surface area contributed by atoms with Crippen molar-refractivity contribution in [3.8, 4) is 5.75 Å². The summed E-state index contributed by atoms with van der Waals surface area (Å²) in [7, 11) is 1.71. The summed E-state index contributed by atoms with van der Waals surface area (Å²) in [6.07, 6.45) is 6.17. The molecule has 0 N–H and O–H groups in total. The van der Waals surface area contributed by atoms with Crippen LogP contribution in [0.4, 0.5) is 0 Å². The minimum atomic E-state index is 0.264. The number of nitrogens with zero attached hydrogens (tertiary/aromatic N) is 3. The van der Waals surface area contributed by atoms with E-state index in [1.54, 1.807) is 7.11 Å². The van der Waals surface area contributed by atoms with E-state index in [-0.39, 0.29) is 6.10 Å². The molecule has 0 bridgehead atoms. The Morgan fingerprint density at radius 1 is 1.30 bits per heavy atom. The van der Waals surface area contributed by atoms with E-state index >= 15 is 0 Å². The van der Waals surface area contributed by atoms with Crippen LogP contribution in [-0.2, 0) is 17.7 Å². The number of aryl methyl sites for hydroxylation is 1. The zero-order valence-electron chi connectivity index (χ0n) is 13.7. The van der Waals surface area contributed by atoms with Gasteiger partial charge in [-0.2, -0.15) is 5.10 Å². The lowest BCUT2D eigenvalue weighted by Crippen LogP contribution is -2.43. The molecule has 1 fully saturated rings. The molecule has 3 rings (SSSR count). The summed E-state index contributed by atoms with van der Waals surface area (Å²) in [5, 5.41) is 4.25. The molecule has 0 amide bonds. The van der Waals surface area contributed by atoms with Gasteiger partial charge in [-0.3, -0.25) is 9.58 Å². The Labute approximate surface area is 137 Å². The first-order valence-electron chi connectivity index (χ1n) is 8.28. The van der Waals surface area contributed by atoms with Crippen LogP contribution < -0.4 is 4.74 Å². The number of benzene rings is 1. The monoisotopic (exact) mass is 315 g/mol. The molecule has 2 heterocycles. The number of hydrogen-bond donors (Lipinski definition) is 0. The van der Waals surface area contributed by atoms with Gasteiger partial charge in [0, 0.05) is 45.0 Å². The molecule has 1 aliphatic heterocycles. The lowest BCUT2D eigenvalue weighted by Gasteiger charge is -2.33. The molecule has 2 aromatic rings. The van der Waals surface area contributed by atoms with E-state index in [0.29, 0.717) is 0 Å². The minimum absolute atomic E-state index is 0.264. The van der Waals surface area contributed by atoms with Crippen molar-refractivity contribution < 1.29 is 9.47 Å².